The molecule has 0 saturated carbocycles. The molecule has 240 valence electrons. The zero-order chi connectivity index (χ0) is 33.6. The molecule has 2 aromatic heterocycles. The fourth-order valence-corrected chi connectivity index (χ4v) is 6.34. The Balaban J connectivity index is 0.000000181. The monoisotopic (exact) mass is 628 g/mol. The largest absolute Gasteiger partial charge is 0.326 e. The topological polar surface area (TPSA) is 214 Å². The van der Waals surface area contributed by atoms with Crippen molar-refractivity contribution in [3.8, 4) is 0 Å². The van der Waals surface area contributed by atoms with Crippen LogP contribution in [0, 0.1) is 13.8 Å². The summed E-state index contributed by atoms with van der Waals surface area (Å²) in [5, 5.41) is 5.46. The summed E-state index contributed by atoms with van der Waals surface area (Å²) < 4.78 is 2.77. The Bertz CT molecular complexity index is 1920. The van der Waals surface area contributed by atoms with Crippen molar-refractivity contribution in [2.75, 3.05) is 0 Å². The molecular weight excluding hydrogens is 592 g/mol. The van der Waals surface area contributed by atoms with Gasteiger partial charge in [0.1, 0.15) is 22.7 Å². The Morgan fingerprint density at radius 1 is 0.674 bits per heavy atom. The van der Waals surface area contributed by atoms with Crippen molar-refractivity contribution < 1.29 is 19.2 Å². The summed E-state index contributed by atoms with van der Waals surface area (Å²) in [6.45, 7) is 7.09. The number of fused-ring (bicyclic) bond motifs is 2. The normalized spacial score (nSPS) is 21.5. The van der Waals surface area contributed by atoms with Gasteiger partial charge < -0.3 is 11.5 Å². The van der Waals surface area contributed by atoms with Gasteiger partial charge in [0, 0.05) is 25.9 Å². The Morgan fingerprint density at radius 3 is 1.37 bits per heavy atom. The van der Waals surface area contributed by atoms with Crippen molar-refractivity contribution in [2.45, 2.75) is 77.5 Å². The van der Waals surface area contributed by atoms with Gasteiger partial charge in [0.2, 0.25) is 11.8 Å². The minimum absolute atomic E-state index is 0.185. The Labute approximate surface area is 263 Å². The summed E-state index contributed by atoms with van der Waals surface area (Å²) in [5.74, 6) is -0.743. The van der Waals surface area contributed by atoms with E-state index >= 15 is 0 Å². The average molecular weight is 629 g/mol. The molecule has 0 aliphatic carbocycles. The molecule has 0 unspecified atom stereocenters. The maximum atomic E-state index is 13.1. The van der Waals surface area contributed by atoms with Crippen LogP contribution in [0.3, 0.4) is 0 Å². The van der Waals surface area contributed by atoms with Crippen LogP contribution in [0.2, 0.25) is 0 Å². The number of amides is 4. The van der Waals surface area contributed by atoms with Crippen molar-refractivity contribution in [3.05, 3.63) is 79.9 Å². The van der Waals surface area contributed by atoms with E-state index in [0.717, 1.165) is 0 Å². The first-order chi connectivity index (χ1) is 21.8. The van der Waals surface area contributed by atoms with Crippen LogP contribution in [0.5, 0.6) is 0 Å². The van der Waals surface area contributed by atoms with Crippen LogP contribution in [-0.4, -0.2) is 42.7 Å². The quantitative estimate of drug-likeness (QED) is 0.231. The molecule has 0 bridgehead atoms. The third-order valence-electron chi connectivity index (χ3n) is 8.89. The summed E-state index contributed by atoms with van der Waals surface area (Å²) in [4.78, 5) is 82.7. The van der Waals surface area contributed by atoms with Gasteiger partial charge in [-0.15, -0.1) is 0 Å². The number of imide groups is 2. The molecule has 2 saturated heterocycles. The number of nitrogens with zero attached hydrogens (tertiary/aromatic N) is 4. The lowest BCUT2D eigenvalue weighted by Gasteiger charge is -2.34. The highest BCUT2D eigenvalue weighted by atomic mass is 16.2. The van der Waals surface area contributed by atoms with Gasteiger partial charge in [-0.05, 0) is 63.8 Å². The summed E-state index contributed by atoms with van der Waals surface area (Å²) in [7, 11) is 0. The lowest BCUT2D eigenvalue weighted by molar-refractivity contribution is -0.141. The second-order valence-corrected chi connectivity index (χ2v) is 11.9. The lowest BCUT2D eigenvalue weighted by Crippen LogP contribution is -2.56. The van der Waals surface area contributed by atoms with E-state index in [2.05, 4.69) is 20.6 Å². The Kier molecular flexibility index (Phi) is 8.45. The zero-order valence-corrected chi connectivity index (χ0v) is 26.1. The molecule has 4 amide bonds. The van der Waals surface area contributed by atoms with Gasteiger partial charge in [0.05, 0.1) is 21.8 Å². The van der Waals surface area contributed by atoms with Crippen LogP contribution in [0.25, 0.3) is 21.8 Å². The first-order valence-corrected chi connectivity index (χ1v) is 14.9. The van der Waals surface area contributed by atoms with Crippen LogP contribution in [0.1, 0.15) is 62.3 Å². The van der Waals surface area contributed by atoms with Crippen LogP contribution in [-0.2, 0) is 43.3 Å². The number of aryl methyl sites for hydroxylation is 2. The Morgan fingerprint density at radius 2 is 1.04 bits per heavy atom. The van der Waals surface area contributed by atoms with Gasteiger partial charge in [0.25, 0.3) is 22.9 Å². The molecule has 2 aromatic carbocycles. The molecule has 2 fully saturated rings. The number of hydrogen-bond donors (Lipinski definition) is 4. The molecular formula is C32H36N8O6. The fourth-order valence-electron chi connectivity index (χ4n) is 6.34. The Hall–Kier alpha value is -5.08. The lowest BCUT2D eigenvalue weighted by atomic mass is 9.90. The van der Waals surface area contributed by atoms with Crippen LogP contribution >= 0.6 is 0 Å². The van der Waals surface area contributed by atoms with Crippen molar-refractivity contribution in [1.82, 2.24) is 29.7 Å². The predicted octanol–water partition coefficient (Wildman–Crippen LogP) is 0.631. The molecule has 0 radical (unpaired) electrons. The van der Waals surface area contributed by atoms with Gasteiger partial charge in [0.15, 0.2) is 0 Å². The first kappa shape index (κ1) is 32.3. The molecule has 6 rings (SSSR count). The van der Waals surface area contributed by atoms with Gasteiger partial charge in [-0.3, -0.25) is 48.5 Å². The molecule has 2 aliphatic heterocycles. The van der Waals surface area contributed by atoms with E-state index in [9.17, 15) is 28.8 Å². The van der Waals surface area contributed by atoms with Crippen LogP contribution in [0.15, 0.2) is 46.0 Å². The number of carbonyl (C=O) groups excluding carboxylic acids is 4. The van der Waals surface area contributed by atoms with Crippen molar-refractivity contribution in [3.63, 3.8) is 0 Å². The number of nitrogens with two attached hydrogens (primary N) is 2. The summed E-state index contributed by atoms with van der Waals surface area (Å²) in [6, 6.07) is 10.7. The maximum absolute atomic E-state index is 13.1. The molecule has 0 spiro atoms. The fraction of sp³-hybridized carbons (Fsp3) is 0.375. The molecule has 4 heterocycles. The molecule has 4 aromatic rings. The van der Waals surface area contributed by atoms with Gasteiger partial charge >= 0.3 is 0 Å². The van der Waals surface area contributed by atoms with Gasteiger partial charge in [-0.2, -0.15) is 0 Å². The molecule has 2 atom stereocenters. The number of hydrogen-bond acceptors (Lipinski definition) is 10. The number of aromatic nitrogens is 4. The van der Waals surface area contributed by atoms with Crippen molar-refractivity contribution in [2.24, 2.45) is 11.5 Å². The first-order valence-electron chi connectivity index (χ1n) is 14.9. The summed E-state index contributed by atoms with van der Waals surface area (Å²) >= 11 is 0. The summed E-state index contributed by atoms with van der Waals surface area (Å²) in [5.41, 5.74) is 11.1. The smallest absolute Gasteiger partial charge is 0.262 e. The highest BCUT2D eigenvalue weighted by Gasteiger charge is 2.43. The van der Waals surface area contributed by atoms with Crippen LogP contribution in [0.4, 0.5) is 0 Å². The van der Waals surface area contributed by atoms with Crippen LogP contribution < -0.4 is 33.2 Å². The van der Waals surface area contributed by atoms with Gasteiger partial charge in [-0.1, -0.05) is 24.3 Å². The van der Waals surface area contributed by atoms with E-state index in [1.165, 1.54) is 9.13 Å². The third-order valence-corrected chi connectivity index (χ3v) is 8.89. The van der Waals surface area contributed by atoms with E-state index in [4.69, 9.17) is 11.5 Å². The second-order valence-electron chi connectivity index (χ2n) is 11.9. The highest BCUT2D eigenvalue weighted by Crippen LogP contribution is 2.28. The minimum Gasteiger partial charge on any atom is -0.326 e. The molecule has 46 heavy (non-hydrogen) atoms. The number of piperidine rings is 2. The summed E-state index contributed by atoms with van der Waals surface area (Å²) in [6.07, 6.45) is 0.891. The van der Waals surface area contributed by atoms with Gasteiger partial charge in [-0.25, -0.2) is 9.97 Å². The molecule has 2 aliphatic rings. The molecule has 14 heteroatoms. The molecule has 6 N–H and O–H groups in total. The maximum Gasteiger partial charge on any atom is 0.262 e. The van der Waals surface area contributed by atoms with Crippen molar-refractivity contribution in [1.29, 1.82) is 0 Å². The minimum atomic E-state index is -1.14. The molecule has 14 nitrogen and oxygen atoms in total. The number of nitrogens with one attached hydrogen (secondary N) is 2. The SMILES string of the molecule is Cc1nc2cccc(CN)c2c(=O)n1[C@@]1(C)CCC(=O)NC1=O.Cc1nc2cccc(CN)c2c(=O)n1[C@]1(C)CCC(=O)NC1=O. The van der Waals surface area contributed by atoms with E-state index < -0.39 is 22.9 Å². The van der Waals surface area contributed by atoms with E-state index in [1.807, 2.05) is 0 Å². The van der Waals surface area contributed by atoms with Crippen molar-refractivity contribution >= 4 is 45.4 Å². The van der Waals surface area contributed by atoms with E-state index in [0.29, 0.717) is 44.6 Å². The number of carbonyl (C=O) groups is 4. The number of rotatable bonds is 4. The second kappa shape index (κ2) is 12.0. The number of benzene rings is 2. The zero-order valence-electron chi connectivity index (χ0n) is 26.1. The standard InChI is InChI=1S/2C16H18N4O3/c2*1-9-18-11-5-3-4-10(8-17)13(11)14(22)20(9)16(2)7-6-12(21)19-15(16)23/h2*3-5H,6-8,17H2,1-2H3,(H,19,21,23)/t2*16-/m10/s1. The third kappa shape index (κ3) is 5.28. The highest BCUT2D eigenvalue weighted by molar-refractivity contribution is 6.02. The average Bonchev–Trinajstić information content (AvgIpc) is 3.01. The predicted molar refractivity (Wildman–Crippen MR) is 169 cm³/mol. The van der Waals surface area contributed by atoms with E-state index in [-0.39, 0.29) is 61.7 Å². The van der Waals surface area contributed by atoms with E-state index in [1.54, 1.807) is 64.1 Å².